The predicted molar refractivity (Wildman–Crippen MR) is 63.7 cm³/mol. The van der Waals surface area contributed by atoms with Gasteiger partial charge in [0.1, 0.15) is 11.5 Å². The van der Waals surface area contributed by atoms with Crippen LogP contribution >= 0.6 is 0 Å². The smallest absolute Gasteiger partial charge is 0.120 e. The van der Waals surface area contributed by atoms with Crippen molar-refractivity contribution in [2.24, 2.45) is 5.73 Å². The van der Waals surface area contributed by atoms with Gasteiger partial charge in [-0.15, -0.1) is 6.58 Å². The monoisotopic (exact) mass is 207 g/mol. The van der Waals surface area contributed by atoms with Crippen LogP contribution in [0.15, 0.2) is 29.2 Å². The van der Waals surface area contributed by atoms with Gasteiger partial charge in [-0.1, -0.05) is 18.9 Å². The summed E-state index contributed by atoms with van der Waals surface area (Å²) in [4.78, 5) is 0. The van der Waals surface area contributed by atoms with Gasteiger partial charge in [0.25, 0.3) is 0 Å². The normalized spacial score (nSPS) is 12.7. The number of nitrogens with two attached hydrogens (primary N) is 1. The van der Waals surface area contributed by atoms with E-state index in [1.165, 1.54) is 12.8 Å². The molecule has 0 aromatic carbocycles. The van der Waals surface area contributed by atoms with Crippen molar-refractivity contribution in [2.75, 3.05) is 0 Å². The molecule has 0 spiro atoms. The molecule has 1 unspecified atom stereocenters. The lowest BCUT2D eigenvalue weighted by molar-refractivity contribution is 0.425. The van der Waals surface area contributed by atoms with Crippen LogP contribution in [-0.2, 0) is 0 Å². The number of allylic oxidation sites excluding steroid dienone is 1. The van der Waals surface area contributed by atoms with E-state index >= 15 is 0 Å². The molecule has 1 atom stereocenters. The number of rotatable bonds is 7. The van der Waals surface area contributed by atoms with Gasteiger partial charge in [0.05, 0.1) is 6.04 Å². The lowest BCUT2D eigenvalue weighted by Crippen LogP contribution is -2.08. The summed E-state index contributed by atoms with van der Waals surface area (Å²) >= 11 is 0. The molecule has 0 aliphatic heterocycles. The molecule has 0 bridgehead atoms. The largest absolute Gasteiger partial charge is 0.465 e. The maximum atomic E-state index is 6.01. The first-order valence-corrected chi connectivity index (χ1v) is 5.67. The highest BCUT2D eigenvalue weighted by Gasteiger charge is 2.08. The van der Waals surface area contributed by atoms with Crippen molar-refractivity contribution in [1.82, 2.24) is 0 Å². The Hall–Kier alpha value is -1.02. The lowest BCUT2D eigenvalue weighted by Gasteiger charge is -2.07. The standard InChI is InChI=1S/C13H21NO/c1-3-4-5-6-7-8-12(14)13-10-9-11(2)15-13/h3,9-10,12H,1,4-8,14H2,2H3. The SMILES string of the molecule is C=CCCCCCC(N)c1ccc(C)o1. The highest BCUT2D eigenvalue weighted by atomic mass is 16.3. The van der Waals surface area contributed by atoms with Crippen LogP contribution in [-0.4, -0.2) is 0 Å². The van der Waals surface area contributed by atoms with E-state index in [0.717, 1.165) is 30.8 Å². The lowest BCUT2D eigenvalue weighted by atomic mass is 10.1. The molecule has 2 heteroatoms. The molecule has 1 rings (SSSR count). The van der Waals surface area contributed by atoms with Gasteiger partial charge in [0.15, 0.2) is 0 Å². The van der Waals surface area contributed by atoms with Crippen molar-refractivity contribution >= 4 is 0 Å². The molecule has 1 heterocycles. The van der Waals surface area contributed by atoms with Crippen molar-refractivity contribution in [3.63, 3.8) is 0 Å². The van der Waals surface area contributed by atoms with Crippen LogP contribution in [0, 0.1) is 6.92 Å². The minimum Gasteiger partial charge on any atom is -0.465 e. The van der Waals surface area contributed by atoms with E-state index in [2.05, 4.69) is 6.58 Å². The Morgan fingerprint density at radius 1 is 1.40 bits per heavy atom. The van der Waals surface area contributed by atoms with Crippen molar-refractivity contribution in [3.8, 4) is 0 Å². The molecule has 2 nitrogen and oxygen atoms in total. The highest BCUT2D eigenvalue weighted by Crippen LogP contribution is 2.19. The fourth-order valence-electron chi connectivity index (χ4n) is 1.62. The quantitative estimate of drug-likeness (QED) is 0.546. The van der Waals surface area contributed by atoms with Gasteiger partial charge in [-0.2, -0.15) is 0 Å². The van der Waals surface area contributed by atoms with Crippen LogP contribution < -0.4 is 5.73 Å². The van der Waals surface area contributed by atoms with E-state index in [1.54, 1.807) is 0 Å². The molecule has 0 aliphatic rings. The summed E-state index contributed by atoms with van der Waals surface area (Å²) < 4.78 is 5.48. The van der Waals surface area contributed by atoms with E-state index in [0.29, 0.717) is 0 Å². The van der Waals surface area contributed by atoms with Gasteiger partial charge < -0.3 is 10.2 Å². The number of hydrogen-bond acceptors (Lipinski definition) is 2. The average molecular weight is 207 g/mol. The second-order valence-electron chi connectivity index (χ2n) is 3.98. The van der Waals surface area contributed by atoms with Crippen LogP contribution in [0.4, 0.5) is 0 Å². The molecule has 0 amide bonds. The minimum atomic E-state index is 0.0578. The van der Waals surface area contributed by atoms with Gasteiger partial charge >= 0.3 is 0 Å². The van der Waals surface area contributed by atoms with E-state index in [1.807, 2.05) is 25.1 Å². The average Bonchev–Trinajstić information content (AvgIpc) is 2.64. The molecule has 15 heavy (non-hydrogen) atoms. The Balaban J connectivity index is 2.18. The zero-order valence-corrected chi connectivity index (χ0v) is 9.54. The van der Waals surface area contributed by atoms with E-state index in [-0.39, 0.29) is 6.04 Å². The van der Waals surface area contributed by atoms with Crippen LogP contribution in [0.2, 0.25) is 0 Å². The van der Waals surface area contributed by atoms with Crippen molar-refractivity contribution in [2.45, 2.75) is 45.1 Å². The fraction of sp³-hybridized carbons (Fsp3) is 0.538. The molecule has 0 radical (unpaired) electrons. The van der Waals surface area contributed by atoms with Crippen LogP contribution in [0.5, 0.6) is 0 Å². The molecule has 1 aromatic rings. The van der Waals surface area contributed by atoms with E-state index in [9.17, 15) is 0 Å². The van der Waals surface area contributed by atoms with Crippen molar-refractivity contribution < 1.29 is 4.42 Å². The Morgan fingerprint density at radius 2 is 2.20 bits per heavy atom. The number of aryl methyl sites for hydroxylation is 1. The van der Waals surface area contributed by atoms with Gasteiger partial charge in [-0.05, 0) is 38.3 Å². The number of unbranched alkanes of at least 4 members (excludes halogenated alkanes) is 3. The molecule has 0 aliphatic carbocycles. The molecule has 84 valence electrons. The Kier molecular flexibility index (Phi) is 5.19. The second kappa shape index (κ2) is 6.46. The van der Waals surface area contributed by atoms with Crippen molar-refractivity contribution in [3.05, 3.63) is 36.3 Å². The number of furan rings is 1. The third-order valence-electron chi connectivity index (χ3n) is 2.55. The molecule has 0 saturated carbocycles. The summed E-state index contributed by atoms with van der Waals surface area (Å²) in [5.74, 6) is 1.85. The summed E-state index contributed by atoms with van der Waals surface area (Å²) in [6.07, 6.45) is 7.68. The second-order valence-corrected chi connectivity index (χ2v) is 3.98. The van der Waals surface area contributed by atoms with Crippen LogP contribution in [0.1, 0.15) is 49.7 Å². The van der Waals surface area contributed by atoms with Crippen molar-refractivity contribution in [1.29, 1.82) is 0 Å². The molecule has 0 saturated heterocycles. The van der Waals surface area contributed by atoms with Gasteiger partial charge in [0, 0.05) is 0 Å². The zero-order valence-electron chi connectivity index (χ0n) is 9.54. The maximum absolute atomic E-state index is 6.01. The van der Waals surface area contributed by atoms with E-state index in [4.69, 9.17) is 10.2 Å². The minimum absolute atomic E-state index is 0.0578. The fourth-order valence-corrected chi connectivity index (χ4v) is 1.62. The van der Waals surface area contributed by atoms with Crippen LogP contribution in [0.25, 0.3) is 0 Å². The van der Waals surface area contributed by atoms with Gasteiger partial charge in [-0.3, -0.25) is 0 Å². The zero-order chi connectivity index (χ0) is 11.1. The topological polar surface area (TPSA) is 39.2 Å². The summed E-state index contributed by atoms with van der Waals surface area (Å²) in [6.45, 7) is 5.65. The molecular weight excluding hydrogens is 186 g/mol. The Morgan fingerprint density at radius 3 is 2.80 bits per heavy atom. The Bertz CT molecular complexity index is 290. The molecule has 0 fully saturated rings. The maximum Gasteiger partial charge on any atom is 0.120 e. The predicted octanol–water partition coefficient (Wildman–Crippen LogP) is 3.72. The number of hydrogen-bond donors (Lipinski definition) is 1. The van der Waals surface area contributed by atoms with Crippen LogP contribution in [0.3, 0.4) is 0 Å². The Labute approximate surface area is 92.2 Å². The summed E-state index contributed by atoms with van der Waals surface area (Å²) in [6, 6.07) is 4.00. The molecular formula is C13H21NO. The third kappa shape index (κ3) is 4.34. The molecule has 2 N–H and O–H groups in total. The van der Waals surface area contributed by atoms with Gasteiger partial charge in [0.2, 0.25) is 0 Å². The summed E-state index contributed by atoms with van der Waals surface area (Å²) in [5, 5.41) is 0. The molecule has 1 aromatic heterocycles. The van der Waals surface area contributed by atoms with Gasteiger partial charge in [-0.25, -0.2) is 0 Å². The third-order valence-corrected chi connectivity index (χ3v) is 2.55. The highest BCUT2D eigenvalue weighted by molar-refractivity contribution is 5.08. The first-order chi connectivity index (χ1) is 7.24. The first-order valence-electron chi connectivity index (χ1n) is 5.67. The first kappa shape index (κ1) is 12.1. The summed E-state index contributed by atoms with van der Waals surface area (Å²) in [5.41, 5.74) is 6.01. The van der Waals surface area contributed by atoms with E-state index < -0.39 is 0 Å². The summed E-state index contributed by atoms with van der Waals surface area (Å²) in [7, 11) is 0.